The molecule has 2 heterocycles. The minimum absolute atomic E-state index is 0.0361. The quantitative estimate of drug-likeness (QED) is 0.832. The summed E-state index contributed by atoms with van der Waals surface area (Å²) in [5.74, 6) is 0.205. The third-order valence-corrected chi connectivity index (χ3v) is 4.48. The number of nitrogens with zero attached hydrogens (tertiary/aromatic N) is 2. The SMILES string of the molecule is NS(=O)(=O)c1cnc(OC[C@@H]2CCN(CC(F)F)C2)c(Cl)c1. The molecule has 0 saturated carbocycles. The van der Waals surface area contributed by atoms with Gasteiger partial charge in [0.1, 0.15) is 9.92 Å². The van der Waals surface area contributed by atoms with Crippen LogP contribution in [-0.4, -0.2) is 51.0 Å². The van der Waals surface area contributed by atoms with Crippen molar-refractivity contribution in [2.75, 3.05) is 26.2 Å². The molecule has 0 unspecified atom stereocenters. The number of alkyl halides is 2. The Morgan fingerprint density at radius 3 is 2.86 bits per heavy atom. The van der Waals surface area contributed by atoms with Crippen LogP contribution in [0.3, 0.4) is 0 Å². The summed E-state index contributed by atoms with van der Waals surface area (Å²) < 4.78 is 52.4. The van der Waals surface area contributed by atoms with Gasteiger partial charge in [0.15, 0.2) is 0 Å². The number of ether oxygens (including phenoxy) is 1. The number of primary sulfonamides is 1. The molecular weight excluding hydrogens is 340 g/mol. The summed E-state index contributed by atoms with van der Waals surface area (Å²) in [6.07, 6.45) is -0.532. The van der Waals surface area contributed by atoms with Gasteiger partial charge in [-0.3, -0.25) is 4.90 Å². The number of hydrogen-bond donors (Lipinski definition) is 1. The number of likely N-dealkylation sites (tertiary alicyclic amines) is 1. The van der Waals surface area contributed by atoms with Gasteiger partial charge in [-0.2, -0.15) is 0 Å². The normalized spacial score (nSPS) is 19.8. The zero-order chi connectivity index (χ0) is 16.3. The molecule has 2 rings (SSSR count). The Morgan fingerprint density at radius 1 is 1.55 bits per heavy atom. The topological polar surface area (TPSA) is 85.5 Å². The lowest BCUT2D eigenvalue weighted by Crippen LogP contribution is -2.27. The molecule has 2 N–H and O–H groups in total. The van der Waals surface area contributed by atoms with Gasteiger partial charge in [-0.15, -0.1) is 0 Å². The predicted molar refractivity (Wildman–Crippen MR) is 76.7 cm³/mol. The fourth-order valence-electron chi connectivity index (χ4n) is 2.28. The van der Waals surface area contributed by atoms with Crippen LogP contribution >= 0.6 is 11.6 Å². The van der Waals surface area contributed by atoms with Crippen LogP contribution in [0.4, 0.5) is 8.78 Å². The van der Waals surface area contributed by atoms with E-state index in [4.69, 9.17) is 21.5 Å². The monoisotopic (exact) mass is 355 g/mol. The molecule has 6 nitrogen and oxygen atoms in total. The van der Waals surface area contributed by atoms with Crippen molar-refractivity contribution in [3.63, 3.8) is 0 Å². The van der Waals surface area contributed by atoms with Gasteiger partial charge < -0.3 is 4.74 Å². The van der Waals surface area contributed by atoms with Crippen molar-refractivity contribution >= 4 is 21.6 Å². The van der Waals surface area contributed by atoms with Gasteiger partial charge in [0.2, 0.25) is 15.9 Å². The van der Waals surface area contributed by atoms with Crippen LogP contribution in [0, 0.1) is 5.92 Å². The highest BCUT2D eigenvalue weighted by atomic mass is 35.5. The lowest BCUT2D eigenvalue weighted by atomic mass is 10.1. The van der Waals surface area contributed by atoms with E-state index in [9.17, 15) is 17.2 Å². The van der Waals surface area contributed by atoms with Crippen LogP contribution < -0.4 is 9.88 Å². The van der Waals surface area contributed by atoms with Crippen LogP contribution in [0.15, 0.2) is 17.2 Å². The van der Waals surface area contributed by atoms with E-state index in [2.05, 4.69) is 4.98 Å². The predicted octanol–water partition coefficient (Wildman–Crippen LogP) is 1.35. The molecule has 0 amide bonds. The van der Waals surface area contributed by atoms with Gasteiger partial charge in [-0.25, -0.2) is 27.3 Å². The Bertz CT molecular complexity index is 630. The molecule has 10 heteroatoms. The molecule has 1 aliphatic rings. The van der Waals surface area contributed by atoms with Crippen LogP contribution in [0.2, 0.25) is 5.02 Å². The summed E-state index contributed by atoms with van der Waals surface area (Å²) in [5.41, 5.74) is 0. The molecule has 1 aliphatic heterocycles. The first kappa shape index (κ1) is 17.3. The number of pyridine rings is 1. The highest BCUT2D eigenvalue weighted by Gasteiger charge is 2.25. The number of hydrogen-bond acceptors (Lipinski definition) is 5. The summed E-state index contributed by atoms with van der Waals surface area (Å²) in [4.78, 5) is 5.30. The van der Waals surface area contributed by atoms with Gasteiger partial charge in [-0.05, 0) is 19.0 Å². The molecule has 0 aromatic carbocycles. The number of rotatable bonds is 6. The smallest absolute Gasteiger partial charge is 0.251 e. The summed E-state index contributed by atoms with van der Waals surface area (Å²) in [7, 11) is -3.87. The first-order chi connectivity index (χ1) is 10.3. The van der Waals surface area contributed by atoms with E-state index in [0.29, 0.717) is 13.1 Å². The molecular formula is C12H16ClF2N3O3S. The fraction of sp³-hybridized carbons (Fsp3) is 0.583. The molecule has 1 atom stereocenters. The van der Waals surface area contributed by atoms with E-state index in [1.807, 2.05) is 0 Å². The Labute approximate surface area is 132 Å². The summed E-state index contributed by atoms with van der Waals surface area (Å²) in [6.45, 7) is 1.17. The third kappa shape index (κ3) is 4.73. The van der Waals surface area contributed by atoms with Crippen molar-refractivity contribution in [3.05, 3.63) is 17.3 Å². The standard InChI is InChI=1S/C12H16ClF2N3O3S/c13-10-3-9(22(16,19)20)4-17-12(10)21-7-8-1-2-18(5-8)6-11(14)15/h3-4,8,11H,1-2,5-7H2,(H2,16,19,20)/t8-/m1/s1. The van der Waals surface area contributed by atoms with E-state index >= 15 is 0 Å². The Hall–Kier alpha value is -1.03. The van der Waals surface area contributed by atoms with E-state index in [-0.39, 0.29) is 34.9 Å². The number of nitrogens with two attached hydrogens (primary N) is 1. The minimum atomic E-state index is -3.87. The zero-order valence-electron chi connectivity index (χ0n) is 11.6. The Balaban J connectivity index is 1.90. The second-order valence-corrected chi connectivity index (χ2v) is 7.09. The molecule has 0 radical (unpaired) electrons. The highest BCUT2D eigenvalue weighted by molar-refractivity contribution is 7.89. The van der Waals surface area contributed by atoms with Crippen molar-refractivity contribution in [3.8, 4) is 5.88 Å². The molecule has 0 bridgehead atoms. The largest absolute Gasteiger partial charge is 0.476 e. The lowest BCUT2D eigenvalue weighted by Gasteiger charge is -2.15. The summed E-state index contributed by atoms with van der Waals surface area (Å²) in [6, 6.07) is 1.16. The highest BCUT2D eigenvalue weighted by Crippen LogP contribution is 2.25. The van der Waals surface area contributed by atoms with Crippen LogP contribution in [-0.2, 0) is 10.0 Å². The van der Waals surface area contributed by atoms with E-state index in [0.717, 1.165) is 18.7 Å². The van der Waals surface area contributed by atoms with Crippen molar-refractivity contribution < 1.29 is 21.9 Å². The van der Waals surface area contributed by atoms with Gasteiger partial charge >= 0.3 is 0 Å². The minimum Gasteiger partial charge on any atom is -0.476 e. The Kier molecular flexibility index (Phi) is 5.54. The summed E-state index contributed by atoms with van der Waals surface area (Å²) in [5, 5.41) is 5.01. The maximum absolute atomic E-state index is 12.3. The van der Waals surface area contributed by atoms with Crippen molar-refractivity contribution in [1.82, 2.24) is 9.88 Å². The molecule has 1 saturated heterocycles. The van der Waals surface area contributed by atoms with Gasteiger partial charge in [-0.1, -0.05) is 11.6 Å². The van der Waals surface area contributed by atoms with Gasteiger partial charge in [0.05, 0.1) is 19.3 Å². The maximum Gasteiger partial charge on any atom is 0.251 e. The lowest BCUT2D eigenvalue weighted by molar-refractivity contribution is 0.0962. The molecule has 0 aliphatic carbocycles. The summed E-state index contributed by atoms with van der Waals surface area (Å²) >= 11 is 5.90. The molecule has 1 fully saturated rings. The van der Waals surface area contributed by atoms with E-state index in [1.54, 1.807) is 4.90 Å². The van der Waals surface area contributed by atoms with Gasteiger partial charge in [0.25, 0.3) is 6.43 Å². The van der Waals surface area contributed by atoms with Crippen molar-refractivity contribution in [1.29, 1.82) is 0 Å². The van der Waals surface area contributed by atoms with Crippen molar-refractivity contribution in [2.45, 2.75) is 17.7 Å². The van der Waals surface area contributed by atoms with Crippen LogP contribution in [0.1, 0.15) is 6.42 Å². The average molecular weight is 356 g/mol. The molecule has 0 spiro atoms. The first-order valence-electron chi connectivity index (χ1n) is 6.57. The van der Waals surface area contributed by atoms with Gasteiger partial charge in [0, 0.05) is 12.5 Å². The Morgan fingerprint density at radius 2 is 2.27 bits per heavy atom. The molecule has 22 heavy (non-hydrogen) atoms. The fourth-order valence-corrected chi connectivity index (χ4v) is 3.04. The maximum atomic E-state index is 12.3. The average Bonchev–Trinajstić information content (AvgIpc) is 2.83. The van der Waals surface area contributed by atoms with Crippen LogP contribution in [0.5, 0.6) is 5.88 Å². The molecule has 1 aromatic heterocycles. The molecule has 124 valence electrons. The number of halogens is 3. The van der Waals surface area contributed by atoms with Crippen molar-refractivity contribution in [2.24, 2.45) is 11.1 Å². The second-order valence-electron chi connectivity index (χ2n) is 5.12. The zero-order valence-corrected chi connectivity index (χ0v) is 13.2. The first-order valence-corrected chi connectivity index (χ1v) is 8.50. The second kappa shape index (κ2) is 7.03. The number of sulfonamides is 1. The van der Waals surface area contributed by atoms with E-state index < -0.39 is 16.4 Å². The van der Waals surface area contributed by atoms with Crippen LogP contribution in [0.25, 0.3) is 0 Å². The third-order valence-electron chi connectivity index (χ3n) is 3.33. The molecule has 1 aromatic rings. The number of aromatic nitrogens is 1. The van der Waals surface area contributed by atoms with E-state index in [1.165, 1.54) is 0 Å².